The van der Waals surface area contributed by atoms with Crippen molar-refractivity contribution in [2.75, 3.05) is 5.73 Å². The van der Waals surface area contributed by atoms with Crippen LogP contribution in [0.1, 0.15) is 34.2 Å². The maximum atomic E-state index is 13.0. The quantitative estimate of drug-likeness (QED) is 0.878. The Morgan fingerprint density at radius 3 is 2.76 bits per heavy atom. The molecular formula is C15H18FN3O2. The molecule has 0 amide bonds. The van der Waals surface area contributed by atoms with E-state index >= 15 is 0 Å². The monoisotopic (exact) mass is 291 g/mol. The van der Waals surface area contributed by atoms with Crippen LogP contribution in [0.25, 0.3) is 0 Å². The molecule has 6 heteroatoms. The van der Waals surface area contributed by atoms with E-state index in [2.05, 4.69) is 5.10 Å². The van der Waals surface area contributed by atoms with E-state index in [4.69, 9.17) is 10.5 Å². The molecule has 0 aliphatic carbocycles. The van der Waals surface area contributed by atoms with Gasteiger partial charge in [0.05, 0.1) is 11.4 Å². The third-order valence-corrected chi connectivity index (χ3v) is 3.35. The summed E-state index contributed by atoms with van der Waals surface area (Å²) in [5.41, 5.74) is 8.64. The van der Waals surface area contributed by atoms with Gasteiger partial charge >= 0.3 is 5.97 Å². The highest BCUT2D eigenvalue weighted by molar-refractivity contribution is 5.93. The minimum atomic E-state index is -0.536. The number of aromatic nitrogens is 2. The second-order valence-electron chi connectivity index (χ2n) is 4.83. The fourth-order valence-corrected chi connectivity index (χ4v) is 2.13. The number of aryl methyl sites for hydroxylation is 3. The van der Waals surface area contributed by atoms with E-state index < -0.39 is 5.97 Å². The van der Waals surface area contributed by atoms with Gasteiger partial charge in [-0.1, -0.05) is 13.0 Å². The minimum Gasteiger partial charge on any atom is -0.456 e. The predicted octanol–water partition coefficient (Wildman–Crippen LogP) is 2.37. The lowest BCUT2D eigenvalue weighted by Crippen LogP contribution is -2.13. The molecule has 0 spiro atoms. The molecule has 0 unspecified atom stereocenters. The number of esters is 1. The second kappa shape index (κ2) is 5.95. The molecule has 0 saturated heterocycles. The standard InChI is InChI=1S/C15H18FN3O2/c1-4-12-13(17)14(19(3)18-12)15(20)21-8-10-5-6-11(16)7-9(10)2/h5-7H,4,8,17H2,1-3H3. The van der Waals surface area contributed by atoms with E-state index in [9.17, 15) is 9.18 Å². The van der Waals surface area contributed by atoms with E-state index in [1.165, 1.54) is 16.8 Å². The summed E-state index contributed by atoms with van der Waals surface area (Å²) in [4.78, 5) is 12.1. The van der Waals surface area contributed by atoms with Crippen molar-refractivity contribution in [3.63, 3.8) is 0 Å². The van der Waals surface area contributed by atoms with E-state index in [0.717, 1.165) is 11.1 Å². The number of halogens is 1. The van der Waals surface area contributed by atoms with Crippen molar-refractivity contribution in [3.05, 3.63) is 46.5 Å². The third-order valence-electron chi connectivity index (χ3n) is 3.35. The Labute approximate surface area is 122 Å². The van der Waals surface area contributed by atoms with Gasteiger partial charge in [0.15, 0.2) is 5.69 Å². The zero-order valence-corrected chi connectivity index (χ0v) is 12.3. The maximum absolute atomic E-state index is 13.0. The smallest absolute Gasteiger partial charge is 0.359 e. The van der Waals surface area contributed by atoms with Gasteiger partial charge in [0, 0.05) is 7.05 Å². The number of rotatable bonds is 4. The molecule has 112 valence electrons. The van der Waals surface area contributed by atoms with Gasteiger partial charge in [-0.2, -0.15) is 5.10 Å². The Morgan fingerprint density at radius 1 is 1.48 bits per heavy atom. The summed E-state index contributed by atoms with van der Waals surface area (Å²) in [5.74, 6) is -0.850. The Hall–Kier alpha value is -2.37. The average Bonchev–Trinajstić information content (AvgIpc) is 2.72. The second-order valence-corrected chi connectivity index (χ2v) is 4.83. The van der Waals surface area contributed by atoms with Gasteiger partial charge in [-0.25, -0.2) is 9.18 Å². The number of nitrogens with two attached hydrogens (primary N) is 1. The summed E-state index contributed by atoms with van der Waals surface area (Å²) in [6.45, 7) is 3.74. The summed E-state index contributed by atoms with van der Waals surface area (Å²) < 4.78 is 19.7. The molecule has 1 aromatic carbocycles. The number of anilines is 1. The lowest BCUT2D eigenvalue weighted by molar-refractivity contribution is 0.0460. The van der Waals surface area contributed by atoms with Crippen molar-refractivity contribution in [2.45, 2.75) is 26.9 Å². The Kier molecular flexibility index (Phi) is 4.26. The van der Waals surface area contributed by atoms with Crippen LogP contribution >= 0.6 is 0 Å². The minimum absolute atomic E-state index is 0.0665. The summed E-state index contributed by atoms with van der Waals surface area (Å²) in [7, 11) is 1.65. The van der Waals surface area contributed by atoms with Crippen LogP contribution in [0.4, 0.5) is 10.1 Å². The predicted molar refractivity (Wildman–Crippen MR) is 77.3 cm³/mol. The summed E-state index contributed by atoms with van der Waals surface area (Å²) in [6, 6.07) is 4.34. The van der Waals surface area contributed by atoms with E-state index in [0.29, 0.717) is 17.8 Å². The number of nitrogen functional groups attached to an aromatic ring is 1. The van der Waals surface area contributed by atoms with E-state index in [1.807, 2.05) is 6.92 Å². The van der Waals surface area contributed by atoms with Gasteiger partial charge in [-0.05, 0) is 36.6 Å². The van der Waals surface area contributed by atoms with Crippen LogP contribution in [0.2, 0.25) is 0 Å². The van der Waals surface area contributed by atoms with Crippen molar-refractivity contribution in [1.29, 1.82) is 0 Å². The van der Waals surface area contributed by atoms with Crippen LogP contribution in [0.15, 0.2) is 18.2 Å². The number of benzene rings is 1. The van der Waals surface area contributed by atoms with Gasteiger partial charge in [0.2, 0.25) is 0 Å². The van der Waals surface area contributed by atoms with Crippen molar-refractivity contribution in [3.8, 4) is 0 Å². The van der Waals surface area contributed by atoms with E-state index in [1.54, 1.807) is 20.0 Å². The van der Waals surface area contributed by atoms with E-state index in [-0.39, 0.29) is 18.1 Å². The largest absolute Gasteiger partial charge is 0.456 e. The normalized spacial score (nSPS) is 10.7. The SMILES string of the molecule is CCc1nn(C)c(C(=O)OCc2ccc(F)cc2C)c1N. The van der Waals surface area contributed by atoms with Crippen molar-refractivity contribution < 1.29 is 13.9 Å². The zero-order valence-electron chi connectivity index (χ0n) is 12.3. The molecule has 0 aliphatic rings. The molecule has 0 fully saturated rings. The zero-order chi connectivity index (χ0) is 15.6. The molecule has 0 atom stereocenters. The summed E-state index contributed by atoms with van der Waals surface area (Å²) in [5, 5.41) is 4.18. The Morgan fingerprint density at radius 2 is 2.19 bits per heavy atom. The topological polar surface area (TPSA) is 70.1 Å². The van der Waals surface area contributed by atoms with Gasteiger partial charge < -0.3 is 10.5 Å². The Bertz CT molecular complexity index is 680. The van der Waals surface area contributed by atoms with Crippen LogP contribution in [0.5, 0.6) is 0 Å². The molecule has 1 heterocycles. The first-order valence-electron chi connectivity index (χ1n) is 6.67. The van der Waals surface area contributed by atoms with Crippen molar-refractivity contribution >= 4 is 11.7 Å². The molecule has 21 heavy (non-hydrogen) atoms. The molecule has 0 bridgehead atoms. The highest BCUT2D eigenvalue weighted by Crippen LogP contribution is 2.19. The van der Waals surface area contributed by atoms with Gasteiger partial charge in [-0.15, -0.1) is 0 Å². The summed E-state index contributed by atoms with van der Waals surface area (Å²) >= 11 is 0. The average molecular weight is 291 g/mol. The molecule has 5 nitrogen and oxygen atoms in total. The van der Waals surface area contributed by atoms with Gasteiger partial charge in [-0.3, -0.25) is 4.68 Å². The highest BCUT2D eigenvalue weighted by atomic mass is 19.1. The van der Waals surface area contributed by atoms with Crippen molar-refractivity contribution in [1.82, 2.24) is 9.78 Å². The molecular weight excluding hydrogens is 273 g/mol. The molecule has 0 aliphatic heterocycles. The fourth-order valence-electron chi connectivity index (χ4n) is 2.13. The van der Waals surface area contributed by atoms with Crippen LogP contribution in [0, 0.1) is 12.7 Å². The molecule has 2 aromatic rings. The first kappa shape index (κ1) is 15.0. The van der Waals surface area contributed by atoms with Crippen LogP contribution < -0.4 is 5.73 Å². The molecule has 2 rings (SSSR count). The molecule has 0 saturated carbocycles. The highest BCUT2D eigenvalue weighted by Gasteiger charge is 2.20. The number of carbonyl (C=O) groups excluding carboxylic acids is 1. The van der Waals surface area contributed by atoms with Crippen LogP contribution in [-0.4, -0.2) is 15.7 Å². The maximum Gasteiger partial charge on any atom is 0.359 e. The van der Waals surface area contributed by atoms with Crippen molar-refractivity contribution in [2.24, 2.45) is 7.05 Å². The summed E-state index contributed by atoms with van der Waals surface area (Å²) in [6.07, 6.45) is 0.643. The first-order chi connectivity index (χ1) is 9.93. The fraction of sp³-hybridized carbons (Fsp3) is 0.333. The van der Waals surface area contributed by atoms with Gasteiger partial charge in [0.1, 0.15) is 12.4 Å². The molecule has 2 N–H and O–H groups in total. The lowest BCUT2D eigenvalue weighted by atomic mass is 10.1. The number of hydrogen-bond donors (Lipinski definition) is 1. The number of nitrogens with zero attached hydrogens (tertiary/aromatic N) is 2. The number of hydrogen-bond acceptors (Lipinski definition) is 4. The lowest BCUT2D eigenvalue weighted by Gasteiger charge is -2.08. The van der Waals surface area contributed by atoms with Crippen LogP contribution in [0.3, 0.4) is 0 Å². The first-order valence-corrected chi connectivity index (χ1v) is 6.67. The van der Waals surface area contributed by atoms with Crippen LogP contribution in [-0.2, 0) is 24.8 Å². The molecule has 1 aromatic heterocycles. The Balaban J connectivity index is 2.14. The number of ether oxygens (including phenoxy) is 1. The number of carbonyl (C=O) groups is 1. The molecule has 0 radical (unpaired) electrons. The third kappa shape index (κ3) is 3.04. The van der Waals surface area contributed by atoms with Gasteiger partial charge in [0.25, 0.3) is 0 Å².